The van der Waals surface area contributed by atoms with Gasteiger partial charge in [-0.3, -0.25) is 9.59 Å². The summed E-state index contributed by atoms with van der Waals surface area (Å²) in [4.78, 5) is 25.9. The van der Waals surface area contributed by atoms with E-state index in [-0.39, 0.29) is 19.0 Å². The van der Waals surface area contributed by atoms with E-state index in [0.29, 0.717) is 6.54 Å². The second kappa shape index (κ2) is 7.25. The van der Waals surface area contributed by atoms with Gasteiger partial charge in [0.2, 0.25) is 5.91 Å². The number of halogens is 1. The van der Waals surface area contributed by atoms with E-state index in [1.54, 1.807) is 19.0 Å². The molecule has 0 aromatic heterocycles. The number of aliphatic carboxylic acids is 1. The van der Waals surface area contributed by atoms with Crippen LogP contribution >= 0.6 is 15.9 Å². The second-order valence-electron chi connectivity index (χ2n) is 4.51. The van der Waals surface area contributed by atoms with Gasteiger partial charge in [0, 0.05) is 11.0 Å². The van der Waals surface area contributed by atoms with Gasteiger partial charge in [-0.25, -0.2) is 0 Å². The van der Waals surface area contributed by atoms with Gasteiger partial charge in [-0.1, -0.05) is 28.1 Å². The summed E-state index contributed by atoms with van der Waals surface area (Å²) in [5.41, 5.74) is 0.891. The average Bonchev–Trinajstić information content (AvgIpc) is 2.26. The fraction of sp³-hybridized carbons (Fsp3) is 0.385. The summed E-state index contributed by atoms with van der Waals surface area (Å²) in [7, 11) is 3.55. The van der Waals surface area contributed by atoms with Crippen LogP contribution in [0, 0.1) is 0 Å². The van der Waals surface area contributed by atoms with Crippen LogP contribution in [0.25, 0.3) is 0 Å². The number of nitrogens with zero attached hydrogens (tertiary/aromatic N) is 2. The quantitative estimate of drug-likeness (QED) is 0.858. The van der Waals surface area contributed by atoms with Crippen LogP contribution in [0.3, 0.4) is 0 Å². The molecule has 1 aromatic rings. The predicted octanol–water partition coefficient (Wildman–Crippen LogP) is 1.42. The Morgan fingerprint density at radius 3 is 2.47 bits per heavy atom. The van der Waals surface area contributed by atoms with Crippen molar-refractivity contribution in [1.29, 1.82) is 0 Å². The molecule has 1 amide bonds. The summed E-state index contributed by atoms with van der Waals surface area (Å²) in [6.45, 7) is 0.193. The first-order valence-corrected chi connectivity index (χ1v) is 6.56. The van der Waals surface area contributed by atoms with Gasteiger partial charge in [0.05, 0.1) is 6.54 Å². The molecule has 0 bridgehead atoms. The van der Waals surface area contributed by atoms with Crippen molar-refractivity contribution >= 4 is 27.8 Å². The van der Waals surface area contributed by atoms with Crippen molar-refractivity contribution in [1.82, 2.24) is 9.80 Å². The number of benzene rings is 1. The fourth-order valence-electron chi connectivity index (χ4n) is 1.62. The number of hydrogen-bond acceptors (Lipinski definition) is 3. The van der Waals surface area contributed by atoms with Crippen LogP contribution in [-0.4, -0.2) is 54.0 Å². The highest BCUT2D eigenvalue weighted by molar-refractivity contribution is 9.10. The minimum absolute atomic E-state index is 0.196. The van der Waals surface area contributed by atoms with Crippen molar-refractivity contribution in [2.45, 2.75) is 6.54 Å². The van der Waals surface area contributed by atoms with E-state index in [4.69, 9.17) is 5.11 Å². The van der Waals surface area contributed by atoms with Crippen LogP contribution < -0.4 is 0 Å². The molecule has 0 aliphatic carbocycles. The molecular weight excluding hydrogens is 312 g/mol. The van der Waals surface area contributed by atoms with Crippen LogP contribution in [-0.2, 0) is 16.1 Å². The zero-order valence-corrected chi connectivity index (χ0v) is 12.6. The Morgan fingerprint density at radius 1 is 1.26 bits per heavy atom. The van der Waals surface area contributed by atoms with Crippen molar-refractivity contribution in [3.63, 3.8) is 0 Å². The molecule has 0 unspecified atom stereocenters. The second-order valence-corrected chi connectivity index (χ2v) is 5.43. The number of amides is 1. The molecule has 19 heavy (non-hydrogen) atoms. The van der Waals surface area contributed by atoms with E-state index in [2.05, 4.69) is 15.9 Å². The van der Waals surface area contributed by atoms with E-state index in [0.717, 1.165) is 10.0 Å². The Balaban J connectivity index is 2.79. The number of carbonyl (C=O) groups excluding carboxylic acids is 1. The molecule has 0 radical (unpaired) electrons. The minimum atomic E-state index is -1.01. The number of likely N-dealkylation sites (N-methyl/N-ethyl adjacent to an activating group) is 1. The lowest BCUT2D eigenvalue weighted by Crippen LogP contribution is -2.40. The maximum Gasteiger partial charge on any atom is 0.323 e. The van der Waals surface area contributed by atoms with Gasteiger partial charge in [0.15, 0.2) is 0 Å². The minimum Gasteiger partial charge on any atom is -0.480 e. The molecule has 104 valence electrons. The van der Waals surface area contributed by atoms with Crippen molar-refractivity contribution in [3.05, 3.63) is 34.3 Å². The van der Waals surface area contributed by atoms with E-state index in [1.165, 1.54) is 4.90 Å². The number of hydrogen-bond donors (Lipinski definition) is 1. The van der Waals surface area contributed by atoms with Crippen molar-refractivity contribution < 1.29 is 14.7 Å². The third-order valence-corrected chi connectivity index (χ3v) is 2.89. The lowest BCUT2D eigenvalue weighted by molar-refractivity contribution is -0.145. The average molecular weight is 329 g/mol. The smallest absolute Gasteiger partial charge is 0.323 e. The molecule has 0 saturated heterocycles. The molecule has 0 aliphatic heterocycles. The molecular formula is C13H17BrN2O3. The van der Waals surface area contributed by atoms with Gasteiger partial charge in [-0.2, -0.15) is 0 Å². The molecule has 1 N–H and O–H groups in total. The van der Waals surface area contributed by atoms with Gasteiger partial charge in [-0.15, -0.1) is 0 Å². The maximum atomic E-state index is 12.0. The number of carboxylic acid groups (broad SMARTS) is 1. The van der Waals surface area contributed by atoms with Crippen LogP contribution in [0.4, 0.5) is 0 Å². The largest absolute Gasteiger partial charge is 0.480 e. The Bertz CT molecular complexity index is 463. The molecule has 0 aliphatic rings. The Hall–Kier alpha value is -1.40. The first kappa shape index (κ1) is 15.7. The van der Waals surface area contributed by atoms with Crippen LogP contribution in [0.1, 0.15) is 5.56 Å². The lowest BCUT2D eigenvalue weighted by atomic mass is 10.2. The normalized spacial score (nSPS) is 10.5. The van der Waals surface area contributed by atoms with E-state index >= 15 is 0 Å². The highest BCUT2D eigenvalue weighted by Crippen LogP contribution is 2.13. The lowest BCUT2D eigenvalue weighted by Gasteiger charge is -2.22. The van der Waals surface area contributed by atoms with Crippen molar-refractivity contribution in [3.8, 4) is 0 Å². The molecule has 6 heteroatoms. The number of carbonyl (C=O) groups is 2. The fourth-order valence-corrected chi connectivity index (χ4v) is 2.07. The molecule has 1 rings (SSSR count). The first-order chi connectivity index (χ1) is 8.88. The highest BCUT2D eigenvalue weighted by Gasteiger charge is 2.17. The maximum absolute atomic E-state index is 12.0. The molecule has 0 fully saturated rings. The third-order valence-electron chi connectivity index (χ3n) is 2.39. The van der Waals surface area contributed by atoms with E-state index in [9.17, 15) is 9.59 Å². The Morgan fingerprint density at radius 2 is 1.95 bits per heavy atom. The number of rotatable bonds is 6. The van der Waals surface area contributed by atoms with Gasteiger partial charge in [-0.05, 0) is 31.8 Å². The molecule has 1 aromatic carbocycles. The summed E-state index contributed by atoms with van der Waals surface area (Å²) >= 11 is 3.35. The highest BCUT2D eigenvalue weighted by atomic mass is 79.9. The summed E-state index contributed by atoms with van der Waals surface area (Å²) in [5, 5.41) is 8.88. The van der Waals surface area contributed by atoms with Crippen molar-refractivity contribution in [2.24, 2.45) is 0 Å². The monoisotopic (exact) mass is 328 g/mol. The standard InChI is InChI=1S/C13H17BrN2O3/c1-15(2)8-12(17)16(9-13(18)19)7-10-4-3-5-11(14)6-10/h3-6H,7-9H2,1-2H3,(H,18,19). The Kier molecular flexibility index (Phi) is 5.98. The number of carboxylic acids is 1. The summed E-state index contributed by atoms with van der Waals surface area (Å²) in [6.07, 6.45) is 0. The van der Waals surface area contributed by atoms with Gasteiger partial charge < -0.3 is 14.9 Å². The molecule has 5 nitrogen and oxygen atoms in total. The molecule has 0 heterocycles. The SMILES string of the molecule is CN(C)CC(=O)N(CC(=O)O)Cc1cccc(Br)c1. The van der Waals surface area contributed by atoms with Gasteiger partial charge >= 0.3 is 5.97 Å². The van der Waals surface area contributed by atoms with Crippen LogP contribution in [0.2, 0.25) is 0 Å². The predicted molar refractivity (Wildman–Crippen MR) is 75.7 cm³/mol. The summed E-state index contributed by atoms with van der Waals surface area (Å²) in [6, 6.07) is 7.47. The molecule has 0 spiro atoms. The zero-order chi connectivity index (χ0) is 14.4. The summed E-state index contributed by atoms with van der Waals surface area (Å²) in [5.74, 6) is -1.21. The van der Waals surface area contributed by atoms with Crippen LogP contribution in [0.5, 0.6) is 0 Å². The van der Waals surface area contributed by atoms with Crippen LogP contribution in [0.15, 0.2) is 28.7 Å². The third kappa shape index (κ3) is 5.85. The van der Waals surface area contributed by atoms with E-state index < -0.39 is 5.97 Å². The first-order valence-electron chi connectivity index (χ1n) is 5.77. The summed E-state index contributed by atoms with van der Waals surface area (Å²) < 4.78 is 0.903. The Labute approximate surface area is 120 Å². The molecule has 0 atom stereocenters. The van der Waals surface area contributed by atoms with Gasteiger partial charge in [0.25, 0.3) is 0 Å². The van der Waals surface area contributed by atoms with Crippen molar-refractivity contribution in [2.75, 3.05) is 27.2 Å². The van der Waals surface area contributed by atoms with Gasteiger partial charge in [0.1, 0.15) is 6.54 Å². The molecule has 0 saturated carbocycles. The topological polar surface area (TPSA) is 60.9 Å². The van der Waals surface area contributed by atoms with E-state index in [1.807, 2.05) is 24.3 Å². The zero-order valence-electron chi connectivity index (χ0n) is 11.0.